The quantitative estimate of drug-likeness (QED) is 0.708. The van der Waals surface area contributed by atoms with Crippen molar-refractivity contribution in [2.45, 2.75) is 45.1 Å². The highest BCUT2D eigenvalue weighted by Gasteiger charge is 2.29. The fraction of sp³-hybridized carbons (Fsp3) is 0.562. The highest BCUT2D eigenvalue weighted by Crippen LogP contribution is 2.31. The summed E-state index contributed by atoms with van der Waals surface area (Å²) in [5.41, 5.74) is 3.47. The summed E-state index contributed by atoms with van der Waals surface area (Å²) >= 11 is 0. The Hall–Kier alpha value is -2.51. The van der Waals surface area contributed by atoms with E-state index >= 15 is 0 Å². The van der Waals surface area contributed by atoms with E-state index in [-0.39, 0.29) is 0 Å². The third kappa shape index (κ3) is 2.09. The van der Waals surface area contributed by atoms with Crippen LogP contribution >= 0.6 is 0 Å². The van der Waals surface area contributed by atoms with Gasteiger partial charge in [-0.3, -0.25) is 0 Å². The van der Waals surface area contributed by atoms with E-state index < -0.39 is 0 Å². The van der Waals surface area contributed by atoms with Crippen molar-refractivity contribution < 1.29 is 0 Å². The lowest BCUT2D eigenvalue weighted by Crippen LogP contribution is -2.24. The molecular formula is C16H20N8. The maximum absolute atomic E-state index is 4.83. The van der Waals surface area contributed by atoms with Gasteiger partial charge in [-0.15, -0.1) is 14.8 Å². The molecule has 0 unspecified atom stereocenters. The van der Waals surface area contributed by atoms with Crippen molar-refractivity contribution in [3.8, 4) is 0 Å². The first-order chi connectivity index (χ1) is 11.8. The zero-order valence-corrected chi connectivity index (χ0v) is 13.8. The van der Waals surface area contributed by atoms with Crippen molar-refractivity contribution in [1.29, 1.82) is 0 Å². The van der Waals surface area contributed by atoms with Gasteiger partial charge in [0.15, 0.2) is 11.5 Å². The van der Waals surface area contributed by atoms with Gasteiger partial charge in [0.05, 0.1) is 11.7 Å². The standard InChI is InChI=1S/C16H20N8/c1-11-17-13-4-2-3-5-14(13)23(11)12-8-9-22(10-12)16-7-6-15-18-20-21-24(15)19-16/h6-7,12H,2-5,8-10H2,1H3/t12-/m0/s1. The summed E-state index contributed by atoms with van der Waals surface area (Å²) in [6.45, 7) is 4.11. The fourth-order valence-electron chi connectivity index (χ4n) is 4.15. The summed E-state index contributed by atoms with van der Waals surface area (Å²) in [6, 6.07) is 4.40. The van der Waals surface area contributed by atoms with E-state index in [0.717, 1.165) is 37.6 Å². The molecule has 0 N–H and O–H groups in total. The number of rotatable bonds is 2. The molecule has 3 aromatic rings. The van der Waals surface area contributed by atoms with Crippen molar-refractivity contribution in [2.75, 3.05) is 18.0 Å². The number of anilines is 1. The molecule has 0 amide bonds. The number of tetrazole rings is 1. The fourth-order valence-corrected chi connectivity index (χ4v) is 4.15. The number of hydrogen-bond donors (Lipinski definition) is 0. The molecule has 1 saturated heterocycles. The minimum atomic E-state index is 0.478. The molecule has 8 nitrogen and oxygen atoms in total. The van der Waals surface area contributed by atoms with Crippen LogP contribution in [0.25, 0.3) is 5.65 Å². The highest BCUT2D eigenvalue weighted by atomic mass is 15.6. The van der Waals surface area contributed by atoms with Crippen LogP contribution in [0.2, 0.25) is 0 Å². The van der Waals surface area contributed by atoms with Gasteiger partial charge in [-0.25, -0.2) is 4.98 Å². The maximum atomic E-state index is 4.83. The molecule has 0 spiro atoms. The van der Waals surface area contributed by atoms with Crippen LogP contribution < -0.4 is 4.90 Å². The van der Waals surface area contributed by atoms with Crippen LogP contribution in [0.3, 0.4) is 0 Å². The number of hydrogen-bond acceptors (Lipinski definition) is 6. The van der Waals surface area contributed by atoms with E-state index in [9.17, 15) is 0 Å². The first kappa shape index (κ1) is 13.9. The monoisotopic (exact) mass is 324 g/mol. The normalized spacial score (nSPS) is 20.7. The van der Waals surface area contributed by atoms with E-state index in [1.165, 1.54) is 35.3 Å². The Labute approximate surface area is 139 Å². The van der Waals surface area contributed by atoms with Crippen LogP contribution in [0.15, 0.2) is 12.1 Å². The first-order valence-electron chi connectivity index (χ1n) is 8.66. The molecule has 0 bridgehead atoms. The number of imidazole rings is 1. The zero-order valence-electron chi connectivity index (χ0n) is 13.8. The molecule has 0 radical (unpaired) electrons. The summed E-state index contributed by atoms with van der Waals surface area (Å²) in [6.07, 6.45) is 5.99. The van der Waals surface area contributed by atoms with Gasteiger partial charge in [-0.05, 0) is 61.6 Å². The van der Waals surface area contributed by atoms with Gasteiger partial charge in [0.2, 0.25) is 0 Å². The molecule has 124 valence electrons. The second-order valence-electron chi connectivity index (χ2n) is 6.74. The van der Waals surface area contributed by atoms with Crippen LogP contribution in [0.4, 0.5) is 5.82 Å². The lowest BCUT2D eigenvalue weighted by molar-refractivity contribution is 0.504. The second-order valence-corrected chi connectivity index (χ2v) is 6.74. The molecule has 1 fully saturated rings. The summed E-state index contributed by atoms with van der Waals surface area (Å²) < 4.78 is 3.98. The van der Waals surface area contributed by atoms with Gasteiger partial charge < -0.3 is 9.47 Å². The number of aromatic nitrogens is 7. The van der Waals surface area contributed by atoms with Gasteiger partial charge in [-0.1, -0.05) is 0 Å². The summed E-state index contributed by atoms with van der Waals surface area (Å²) in [5, 5.41) is 16.0. The van der Waals surface area contributed by atoms with Crippen LogP contribution in [0.1, 0.15) is 42.5 Å². The van der Waals surface area contributed by atoms with Crippen LogP contribution in [-0.2, 0) is 12.8 Å². The summed E-state index contributed by atoms with van der Waals surface area (Å²) in [5.74, 6) is 2.10. The molecule has 2 aliphatic rings. The van der Waals surface area contributed by atoms with E-state index in [0.29, 0.717) is 11.7 Å². The minimum Gasteiger partial charge on any atom is -0.353 e. The molecule has 4 heterocycles. The van der Waals surface area contributed by atoms with Crippen LogP contribution in [0.5, 0.6) is 0 Å². The Kier molecular flexibility index (Phi) is 3.04. The molecule has 1 aliphatic heterocycles. The smallest absolute Gasteiger partial charge is 0.200 e. The average molecular weight is 324 g/mol. The Balaban J connectivity index is 1.43. The topological polar surface area (TPSA) is 77.0 Å². The number of nitrogens with zero attached hydrogens (tertiary/aromatic N) is 8. The molecule has 5 rings (SSSR count). The van der Waals surface area contributed by atoms with E-state index in [4.69, 9.17) is 4.98 Å². The minimum absolute atomic E-state index is 0.478. The third-order valence-electron chi connectivity index (χ3n) is 5.25. The molecule has 8 heteroatoms. The summed E-state index contributed by atoms with van der Waals surface area (Å²) in [7, 11) is 0. The molecule has 0 aromatic carbocycles. The molecule has 0 saturated carbocycles. The van der Waals surface area contributed by atoms with E-state index in [1.807, 2.05) is 12.1 Å². The van der Waals surface area contributed by atoms with Gasteiger partial charge in [0.25, 0.3) is 0 Å². The molecular weight excluding hydrogens is 304 g/mol. The Morgan fingerprint density at radius 3 is 3.04 bits per heavy atom. The number of aryl methyl sites for hydroxylation is 2. The third-order valence-corrected chi connectivity index (χ3v) is 5.25. The van der Waals surface area contributed by atoms with Gasteiger partial charge in [0, 0.05) is 18.8 Å². The van der Waals surface area contributed by atoms with Crippen molar-refractivity contribution in [3.63, 3.8) is 0 Å². The van der Waals surface area contributed by atoms with E-state index in [2.05, 4.69) is 37.0 Å². The SMILES string of the molecule is Cc1nc2c(n1[C@H]1CCN(c3ccc4nnnn4n3)C1)CCCC2. The zero-order chi connectivity index (χ0) is 16.1. The largest absolute Gasteiger partial charge is 0.353 e. The highest BCUT2D eigenvalue weighted by molar-refractivity contribution is 5.45. The number of fused-ring (bicyclic) bond motifs is 2. The lowest BCUT2D eigenvalue weighted by Gasteiger charge is -2.21. The maximum Gasteiger partial charge on any atom is 0.200 e. The van der Waals surface area contributed by atoms with Crippen LogP contribution in [-0.4, -0.2) is 47.9 Å². The Morgan fingerprint density at radius 1 is 1.17 bits per heavy atom. The first-order valence-corrected chi connectivity index (χ1v) is 8.66. The molecule has 3 aromatic heterocycles. The van der Waals surface area contributed by atoms with Crippen LogP contribution in [0, 0.1) is 6.92 Å². The predicted molar refractivity (Wildman–Crippen MR) is 88.1 cm³/mol. The predicted octanol–water partition coefficient (Wildman–Crippen LogP) is 1.35. The van der Waals surface area contributed by atoms with Gasteiger partial charge >= 0.3 is 0 Å². The second kappa shape index (κ2) is 5.25. The summed E-state index contributed by atoms with van der Waals surface area (Å²) in [4.78, 5) is 7.15. The Morgan fingerprint density at radius 2 is 2.08 bits per heavy atom. The molecule has 1 aliphatic carbocycles. The van der Waals surface area contributed by atoms with Gasteiger partial charge in [-0.2, -0.15) is 0 Å². The van der Waals surface area contributed by atoms with E-state index in [1.54, 1.807) is 0 Å². The Bertz CT molecular complexity index is 895. The van der Waals surface area contributed by atoms with Crippen molar-refractivity contribution in [1.82, 2.24) is 34.8 Å². The molecule has 1 atom stereocenters. The van der Waals surface area contributed by atoms with Crippen molar-refractivity contribution in [2.24, 2.45) is 0 Å². The molecule has 24 heavy (non-hydrogen) atoms. The lowest BCUT2D eigenvalue weighted by atomic mass is 10.0. The van der Waals surface area contributed by atoms with Gasteiger partial charge in [0.1, 0.15) is 5.82 Å². The van der Waals surface area contributed by atoms with Crippen molar-refractivity contribution in [3.05, 3.63) is 29.3 Å². The average Bonchev–Trinajstić information content (AvgIpc) is 3.31. The van der Waals surface area contributed by atoms with Crippen molar-refractivity contribution >= 4 is 11.5 Å².